The van der Waals surface area contributed by atoms with E-state index in [2.05, 4.69) is 10.3 Å². The molecule has 2 rings (SSSR count). The van der Waals surface area contributed by atoms with Crippen LogP contribution in [-0.4, -0.2) is 33.8 Å². The topological polar surface area (TPSA) is 62.3 Å². The van der Waals surface area contributed by atoms with Crippen molar-refractivity contribution in [2.75, 3.05) is 6.54 Å². The molecule has 0 bridgehead atoms. The zero-order chi connectivity index (χ0) is 14.8. The van der Waals surface area contributed by atoms with Crippen molar-refractivity contribution in [2.45, 2.75) is 39.3 Å². The molecule has 1 atom stereocenters. The van der Waals surface area contributed by atoms with Gasteiger partial charge in [0.1, 0.15) is 0 Å². The van der Waals surface area contributed by atoms with Crippen molar-refractivity contribution in [1.82, 2.24) is 15.2 Å². The minimum atomic E-state index is -0.251. The summed E-state index contributed by atoms with van der Waals surface area (Å²) in [5, 5.41) is 2.88. The first-order valence-electron chi connectivity index (χ1n) is 6.85. The average Bonchev–Trinajstić information content (AvgIpc) is 2.79. The number of hydrogen-bond acceptors (Lipinski definition) is 3. The Balaban J connectivity index is 1.90. The van der Waals surface area contributed by atoms with E-state index in [0.717, 1.165) is 5.56 Å². The first-order valence-corrected chi connectivity index (χ1v) is 6.85. The molecule has 1 saturated heterocycles. The molecule has 0 saturated carbocycles. The van der Waals surface area contributed by atoms with Crippen LogP contribution in [0.3, 0.4) is 0 Å². The molecule has 1 aliphatic rings. The number of carbonyl (C=O) groups is 2. The second-order valence-corrected chi connectivity index (χ2v) is 6.16. The molecule has 5 nitrogen and oxygen atoms in total. The summed E-state index contributed by atoms with van der Waals surface area (Å²) in [6, 6.07) is 3.75. The number of amides is 2. The van der Waals surface area contributed by atoms with Gasteiger partial charge in [0.2, 0.25) is 11.8 Å². The third-order valence-corrected chi connectivity index (χ3v) is 3.50. The van der Waals surface area contributed by atoms with Crippen molar-refractivity contribution in [3.8, 4) is 0 Å². The maximum Gasteiger partial charge on any atom is 0.225 e. The summed E-state index contributed by atoms with van der Waals surface area (Å²) in [5.74, 6) is -0.258. The smallest absolute Gasteiger partial charge is 0.225 e. The number of aromatic nitrogens is 1. The van der Waals surface area contributed by atoms with Gasteiger partial charge in [-0.05, 0) is 32.4 Å². The summed E-state index contributed by atoms with van der Waals surface area (Å²) in [6.45, 7) is 6.91. The van der Waals surface area contributed by atoms with Crippen LogP contribution in [0.4, 0.5) is 0 Å². The van der Waals surface area contributed by atoms with Crippen molar-refractivity contribution in [3.05, 3.63) is 30.1 Å². The van der Waals surface area contributed by atoms with E-state index in [4.69, 9.17) is 0 Å². The Bertz CT molecular complexity index is 494. The lowest BCUT2D eigenvalue weighted by atomic mass is 10.1. The maximum atomic E-state index is 12.1. The zero-order valence-electron chi connectivity index (χ0n) is 12.2. The van der Waals surface area contributed by atoms with Crippen molar-refractivity contribution in [3.63, 3.8) is 0 Å². The van der Waals surface area contributed by atoms with Crippen LogP contribution in [0.5, 0.6) is 0 Å². The van der Waals surface area contributed by atoms with Crippen LogP contribution in [0.2, 0.25) is 0 Å². The molecule has 20 heavy (non-hydrogen) atoms. The maximum absolute atomic E-state index is 12.1. The van der Waals surface area contributed by atoms with Gasteiger partial charge >= 0.3 is 0 Å². The quantitative estimate of drug-likeness (QED) is 0.905. The SMILES string of the molecule is CC(C)(C)N1CC(C(=O)NCc2cccnc2)CC1=O. The molecular weight excluding hydrogens is 254 g/mol. The van der Waals surface area contributed by atoms with Crippen LogP contribution < -0.4 is 5.32 Å². The van der Waals surface area contributed by atoms with Crippen molar-refractivity contribution >= 4 is 11.8 Å². The van der Waals surface area contributed by atoms with E-state index in [-0.39, 0.29) is 23.3 Å². The number of hydrogen-bond donors (Lipinski definition) is 1. The van der Waals surface area contributed by atoms with Gasteiger partial charge in [0.05, 0.1) is 5.92 Å². The number of carbonyl (C=O) groups excluding carboxylic acids is 2. The first kappa shape index (κ1) is 14.5. The highest BCUT2D eigenvalue weighted by Gasteiger charge is 2.39. The van der Waals surface area contributed by atoms with E-state index in [1.54, 1.807) is 17.3 Å². The fraction of sp³-hybridized carbons (Fsp3) is 0.533. The summed E-state index contributed by atoms with van der Waals surface area (Å²) in [4.78, 5) is 29.9. The molecule has 1 aromatic rings. The highest BCUT2D eigenvalue weighted by Crippen LogP contribution is 2.25. The third kappa shape index (κ3) is 3.35. The van der Waals surface area contributed by atoms with Crippen LogP contribution in [0, 0.1) is 5.92 Å². The predicted molar refractivity (Wildman–Crippen MR) is 75.7 cm³/mol. The minimum Gasteiger partial charge on any atom is -0.352 e. The summed E-state index contributed by atoms with van der Waals surface area (Å²) in [7, 11) is 0. The normalized spacial score (nSPS) is 19.2. The van der Waals surface area contributed by atoms with Gasteiger partial charge in [-0.1, -0.05) is 6.07 Å². The highest BCUT2D eigenvalue weighted by atomic mass is 16.2. The Morgan fingerprint density at radius 3 is 2.80 bits per heavy atom. The second kappa shape index (κ2) is 5.61. The summed E-state index contributed by atoms with van der Waals surface area (Å²) in [5.41, 5.74) is 0.730. The Labute approximate surface area is 119 Å². The number of nitrogens with zero attached hydrogens (tertiary/aromatic N) is 2. The minimum absolute atomic E-state index is 0.0547. The van der Waals surface area contributed by atoms with E-state index in [1.165, 1.54) is 0 Å². The molecule has 108 valence electrons. The van der Waals surface area contributed by atoms with Crippen molar-refractivity contribution < 1.29 is 9.59 Å². The fourth-order valence-corrected chi connectivity index (χ4v) is 2.37. The van der Waals surface area contributed by atoms with Gasteiger partial charge in [-0.15, -0.1) is 0 Å². The van der Waals surface area contributed by atoms with Crippen LogP contribution in [0.1, 0.15) is 32.8 Å². The number of likely N-dealkylation sites (tertiary alicyclic amines) is 1. The number of rotatable bonds is 3. The lowest BCUT2D eigenvalue weighted by Gasteiger charge is -2.31. The Kier molecular flexibility index (Phi) is 4.06. The molecule has 0 spiro atoms. The monoisotopic (exact) mass is 275 g/mol. The van der Waals surface area contributed by atoms with E-state index >= 15 is 0 Å². The van der Waals surface area contributed by atoms with Crippen LogP contribution in [0.15, 0.2) is 24.5 Å². The van der Waals surface area contributed by atoms with Crippen molar-refractivity contribution in [1.29, 1.82) is 0 Å². The van der Waals surface area contributed by atoms with Crippen LogP contribution in [-0.2, 0) is 16.1 Å². The van der Waals surface area contributed by atoms with Gasteiger partial charge in [-0.25, -0.2) is 0 Å². The Morgan fingerprint density at radius 2 is 2.25 bits per heavy atom. The molecule has 0 radical (unpaired) electrons. The summed E-state index contributed by atoms with van der Waals surface area (Å²) < 4.78 is 0. The summed E-state index contributed by atoms with van der Waals surface area (Å²) in [6.07, 6.45) is 3.72. The largest absolute Gasteiger partial charge is 0.352 e. The first-order chi connectivity index (χ1) is 9.38. The average molecular weight is 275 g/mol. The fourth-order valence-electron chi connectivity index (χ4n) is 2.37. The molecule has 2 amide bonds. The van der Waals surface area contributed by atoms with Crippen molar-refractivity contribution in [2.24, 2.45) is 5.92 Å². The molecule has 1 N–H and O–H groups in total. The Hall–Kier alpha value is -1.91. The van der Waals surface area contributed by atoms with E-state index in [0.29, 0.717) is 19.5 Å². The zero-order valence-corrected chi connectivity index (χ0v) is 12.2. The van der Waals surface area contributed by atoms with Gasteiger partial charge < -0.3 is 10.2 Å². The molecule has 2 heterocycles. The third-order valence-electron chi connectivity index (χ3n) is 3.50. The van der Waals surface area contributed by atoms with Gasteiger partial charge in [-0.2, -0.15) is 0 Å². The van der Waals surface area contributed by atoms with Gasteiger partial charge in [0, 0.05) is 37.4 Å². The Morgan fingerprint density at radius 1 is 1.50 bits per heavy atom. The second-order valence-electron chi connectivity index (χ2n) is 6.16. The summed E-state index contributed by atoms with van der Waals surface area (Å²) >= 11 is 0. The molecule has 1 aromatic heterocycles. The molecule has 1 unspecified atom stereocenters. The number of pyridine rings is 1. The molecule has 0 aromatic carbocycles. The predicted octanol–water partition coefficient (Wildman–Crippen LogP) is 1.34. The number of nitrogens with one attached hydrogen (secondary N) is 1. The van der Waals surface area contributed by atoms with E-state index in [9.17, 15) is 9.59 Å². The van der Waals surface area contributed by atoms with Gasteiger partial charge in [0.15, 0.2) is 0 Å². The van der Waals surface area contributed by atoms with E-state index in [1.807, 2.05) is 32.9 Å². The lowest BCUT2D eigenvalue weighted by Crippen LogP contribution is -2.43. The molecule has 0 aliphatic carbocycles. The molecular formula is C15H21N3O2. The van der Waals surface area contributed by atoms with Crippen LogP contribution in [0.25, 0.3) is 0 Å². The molecule has 5 heteroatoms. The molecule has 1 fully saturated rings. The van der Waals surface area contributed by atoms with Gasteiger partial charge in [0.25, 0.3) is 0 Å². The van der Waals surface area contributed by atoms with Gasteiger partial charge in [-0.3, -0.25) is 14.6 Å². The highest BCUT2D eigenvalue weighted by molar-refractivity contribution is 5.89. The van der Waals surface area contributed by atoms with E-state index < -0.39 is 0 Å². The van der Waals surface area contributed by atoms with Crippen LogP contribution >= 0.6 is 0 Å². The lowest BCUT2D eigenvalue weighted by molar-refractivity contribution is -0.132. The molecule has 1 aliphatic heterocycles. The standard InChI is InChI=1S/C15H21N3O2/c1-15(2,3)18-10-12(7-13(18)19)14(20)17-9-11-5-4-6-16-8-11/h4-6,8,12H,7,9-10H2,1-3H3,(H,17,20).